The Balaban J connectivity index is 1.37. The van der Waals surface area contributed by atoms with Crippen molar-refractivity contribution in [3.63, 3.8) is 0 Å². The van der Waals surface area contributed by atoms with Crippen LogP contribution < -0.4 is 24.3 Å². The third-order valence-corrected chi connectivity index (χ3v) is 6.58. The molecule has 3 aromatic rings. The van der Waals surface area contributed by atoms with E-state index in [1.54, 1.807) is 39.5 Å². The molecule has 2 aliphatic heterocycles. The van der Waals surface area contributed by atoms with Gasteiger partial charge in [0.05, 0.1) is 32.6 Å². The minimum absolute atomic E-state index is 0.0678. The Bertz CT molecular complexity index is 1340. The summed E-state index contributed by atoms with van der Waals surface area (Å²) in [6.07, 6.45) is 0. The summed E-state index contributed by atoms with van der Waals surface area (Å²) >= 11 is 0. The van der Waals surface area contributed by atoms with Gasteiger partial charge in [-0.25, -0.2) is 9.79 Å². The van der Waals surface area contributed by atoms with Crippen molar-refractivity contribution >= 4 is 23.2 Å². The van der Waals surface area contributed by atoms with Crippen LogP contribution in [0.15, 0.2) is 65.7 Å². The molecular weight excluding hydrogens is 472 g/mol. The van der Waals surface area contributed by atoms with Crippen molar-refractivity contribution in [2.45, 2.75) is 13.0 Å². The summed E-state index contributed by atoms with van der Waals surface area (Å²) in [5, 5.41) is 2.98. The minimum Gasteiger partial charge on any atom is -0.497 e. The maximum Gasteiger partial charge on any atom is 0.322 e. The van der Waals surface area contributed by atoms with Crippen molar-refractivity contribution < 1.29 is 23.7 Å². The molecule has 2 amide bonds. The molecule has 5 rings (SSSR count). The number of nitrogens with zero attached hydrogens (tertiary/aromatic N) is 3. The number of urea groups is 1. The SMILES string of the molecule is COc1ccc(NC(=O)N2CCN(C3=Nc4ccccc4Oc4cc(OC)ccc43)C[C@@H]2C)c(OC)c1. The lowest BCUT2D eigenvalue weighted by Crippen LogP contribution is -2.56. The van der Waals surface area contributed by atoms with Crippen LogP contribution in [-0.4, -0.2) is 68.7 Å². The van der Waals surface area contributed by atoms with E-state index in [-0.39, 0.29) is 12.1 Å². The lowest BCUT2D eigenvalue weighted by molar-refractivity contribution is 0.144. The van der Waals surface area contributed by atoms with E-state index in [4.69, 9.17) is 23.9 Å². The van der Waals surface area contributed by atoms with Crippen molar-refractivity contribution in [2.24, 2.45) is 4.99 Å². The number of piperazine rings is 1. The van der Waals surface area contributed by atoms with Gasteiger partial charge in [-0.1, -0.05) is 12.1 Å². The van der Waals surface area contributed by atoms with E-state index in [1.165, 1.54) is 0 Å². The minimum atomic E-state index is -0.183. The van der Waals surface area contributed by atoms with Crippen molar-refractivity contribution in [1.29, 1.82) is 0 Å². The molecule has 9 nitrogen and oxygen atoms in total. The number of rotatable bonds is 4. The molecule has 37 heavy (non-hydrogen) atoms. The van der Waals surface area contributed by atoms with Gasteiger partial charge in [0, 0.05) is 37.8 Å². The highest BCUT2D eigenvalue weighted by Gasteiger charge is 2.32. The zero-order valence-electron chi connectivity index (χ0n) is 21.4. The molecule has 2 aliphatic rings. The zero-order chi connectivity index (χ0) is 25.9. The molecule has 2 heterocycles. The highest BCUT2D eigenvalue weighted by atomic mass is 16.5. The van der Waals surface area contributed by atoms with Gasteiger partial charge in [-0.2, -0.15) is 0 Å². The van der Waals surface area contributed by atoms with Gasteiger partial charge in [-0.05, 0) is 43.3 Å². The molecule has 192 valence electrons. The number of anilines is 1. The van der Waals surface area contributed by atoms with Gasteiger partial charge in [0.1, 0.15) is 34.5 Å². The number of ether oxygens (including phenoxy) is 4. The Labute approximate surface area is 216 Å². The lowest BCUT2D eigenvalue weighted by Gasteiger charge is -2.41. The Morgan fingerprint density at radius 3 is 2.46 bits per heavy atom. The van der Waals surface area contributed by atoms with E-state index in [9.17, 15) is 4.79 Å². The van der Waals surface area contributed by atoms with Crippen molar-refractivity contribution in [3.05, 3.63) is 66.2 Å². The average Bonchev–Trinajstić information content (AvgIpc) is 3.09. The first-order chi connectivity index (χ1) is 18.0. The highest BCUT2D eigenvalue weighted by molar-refractivity contribution is 6.04. The normalized spacial score (nSPS) is 16.4. The summed E-state index contributed by atoms with van der Waals surface area (Å²) < 4.78 is 22.3. The first kappa shape index (κ1) is 24.3. The molecule has 0 aliphatic carbocycles. The maximum absolute atomic E-state index is 13.2. The second-order valence-corrected chi connectivity index (χ2v) is 8.85. The quantitative estimate of drug-likeness (QED) is 0.532. The van der Waals surface area contributed by atoms with E-state index in [2.05, 4.69) is 10.2 Å². The lowest BCUT2D eigenvalue weighted by atomic mass is 10.1. The van der Waals surface area contributed by atoms with Gasteiger partial charge in [-0.15, -0.1) is 0 Å². The number of amidine groups is 1. The number of methoxy groups -OCH3 is 3. The number of fused-ring (bicyclic) bond motifs is 2. The molecule has 9 heteroatoms. The molecule has 1 saturated heterocycles. The molecule has 0 bridgehead atoms. The molecule has 0 aromatic heterocycles. The number of benzene rings is 3. The fourth-order valence-corrected chi connectivity index (χ4v) is 4.61. The average molecular weight is 503 g/mol. The predicted octanol–water partition coefficient (Wildman–Crippen LogP) is 5.13. The van der Waals surface area contributed by atoms with Crippen molar-refractivity contribution in [1.82, 2.24) is 9.80 Å². The first-order valence-electron chi connectivity index (χ1n) is 12.1. The van der Waals surface area contributed by atoms with Crippen molar-refractivity contribution in [3.8, 4) is 28.7 Å². The summed E-state index contributed by atoms with van der Waals surface area (Å²) in [6, 6.07) is 18.5. The van der Waals surface area contributed by atoms with Gasteiger partial charge in [0.2, 0.25) is 0 Å². The molecule has 0 saturated carbocycles. The molecule has 1 atom stereocenters. The largest absolute Gasteiger partial charge is 0.497 e. The highest BCUT2D eigenvalue weighted by Crippen LogP contribution is 2.39. The molecule has 3 aromatic carbocycles. The van der Waals surface area contributed by atoms with Crippen LogP contribution in [0.3, 0.4) is 0 Å². The molecule has 0 radical (unpaired) electrons. The predicted molar refractivity (Wildman–Crippen MR) is 142 cm³/mol. The van der Waals surface area contributed by atoms with Gasteiger partial charge in [-0.3, -0.25) is 0 Å². The van der Waals surface area contributed by atoms with Crippen molar-refractivity contribution in [2.75, 3.05) is 46.3 Å². The second-order valence-electron chi connectivity index (χ2n) is 8.85. The van der Waals surface area contributed by atoms with Crippen LogP contribution in [0.25, 0.3) is 0 Å². The van der Waals surface area contributed by atoms with Gasteiger partial charge in [0.25, 0.3) is 0 Å². The van der Waals surface area contributed by atoms with E-state index in [0.29, 0.717) is 54.1 Å². The topological polar surface area (TPSA) is 84.9 Å². The van der Waals surface area contributed by atoms with Gasteiger partial charge in [0.15, 0.2) is 5.75 Å². The number of carbonyl (C=O) groups excluding carboxylic acids is 1. The van der Waals surface area contributed by atoms with Crippen LogP contribution in [0, 0.1) is 0 Å². The molecule has 0 unspecified atom stereocenters. The summed E-state index contributed by atoms with van der Waals surface area (Å²) in [6.45, 7) is 3.79. The second kappa shape index (κ2) is 10.3. The Morgan fingerprint density at radius 1 is 0.946 bits per heavy atom. The summed E-state index contributed by atoms with van der Waals surface area (Å²) in [7, 11) is 4.79. The number of para-hydroxylation sites is 2. The van der Waals surface area contributed by atoms with Crippen LogP contribution in [-0.2, 0) is 0 Å². The number of hydrogen-bond donors (Lipinski definition) is 1. The number of aliphatic imine (C=N–C) groups is 1. The van der Waals surface area contributed by atoms with Crippen LogP contribution in [0.5, 0.6) is 28.7 Å². The van der Waals surface area contributed by atoms with E-state index in [0.717, 1.165) is 17.1 Å². The van der Waals surface area contributed by atoms with Crippen LogP contribution in [0.1, 0.15) is 12.5 Å². The number of nitrogens with one attached hydrogen (secondary N) is 1. The van der Waals surface area contributed by atoms with Gasteiger partial charge < -0.3 is 34.1 Å². The fraction of sp³-hybridized carbons (Fsp3) is 0.286. The Hall–Kier alpha value is -4.40. The van der Waals surface area contributed by atoms with Crippen LogP contribution in [0.2, 0.25) is 0 Å². The van der Waals surface area contributed by atoms with E-state index < -0.39 is 0 Å². The van der Waals surface area contributed by atoms with E-state index >= 15 is 0 Å². The smallest absolute Gasteiger partial charge is 0.322 e. The molecule has 0 spiro atoms. The summed E-state index contributed by atoms with van der Waals surface area (Å²) in [4.78, 5) is 22.3. The molecule has 1 fully saturated rings. The number of carbonyl (C=O) groups is 1. The fourth-order valence-electron chi connectivity index (χ4n) is 4.61. The first-order valence-corrected chi connectivity index (χ1v) is 12.1. The third kappa shape index (κ3) is 4.84. The van der Waals surface area contributed by atoms with E-state index in [1.807, 2.05) is 54.3 Å². The number of hydrogen-bond acceptors (Lipinski definition) is 7. The van der Waals surface area contributed by atoms with Crippen LogP contribution >= 0.6 is 0 Å². The molecule has 1 N–H and O–H groups in total. The number of amides is 2. The van der Waals surface area contributed by atoms with Crippen LogP contribution in [0.4, 0.5) is 16.2 Å². The maximum atomic E-state index is 13.2. The monoisotopic (exact) mass is 502 g/mol. The zero-order valence-corrected chi connectivity index (χ0v) is 21.4. The molecular formula is C28H30N4O5. The standard InChI is InChI=1S/C28H30N4O5/c1-18-17-31(13-14-32(18)28(33)30-23-12-10-20(35-3)16-26(23)36-4)27-21-11-9-19(34-2)15-25(21)37-24-8-6-5-7-22(24)29-27/h5-12,15-16,18H,13-14,17H2,1-4H3,(H,30,33)/t18-/m0/s1. The van der Waals surface area contributed by atoms with Gasteiger partial charge >= 0.3 is 6.03 Å². The third-order valence-electron chi connectivity index (χ3n) is 6.58. The summed E-state index contributed by atoms with van der Waals surface area (Å²) in [5.41, 5.74) is 2.23. The summed E-state index contributed by atoms with van der Waals surface area (Å²) in [5.74, 6) is 4.09. The Morgan fingerprint density at radius 2 is 1.70 bits per heavy atom. The Kier molecular flexibility index (Phi) is 6.76.